The van der Waals surface area contributed by atoms with E-state index in [0.717, 1.165) is 32.0 Å². The van der Waals surface area contributed by atoms with Crippen LogP contribution in [0.5, 0.6) is 0 Å². The largest absolute Gasteiger partial charge is 0.383 e. The molecule has 0 aromatic heterocycles. The molecule has 0 aliphatic heterocycles. The lowest BCUT2D eigenvalue weighted by atomic mass is 10.1. The molecule has 0 saturated heterocycles. The Labute approximate surface area is 94.0 Å². The molecule has 3 nitrogen and oxygen atoms in total. The van der Waals surface area contributed by atoms with Gasteiger partial charge in [-0.2, -0.15) is 0 Å². The van der Waals surface area contributed by atoms with Gasteiger partial charge in [-0.25, -0.2) is 0 Å². The van der Waals surface area contributed by atoms with Crippen molar-refractivity contribution >= 4 is 0 Å². The number of ether oxygens (including phenoxy) is 1. The second-order valence-corrected chi connectivity index (χ2v) is 4.57. The molecule has 2 N–H and O–H groups in total. The summed E-state index contributed by atoms with van der Waals surface area (Å²) in [4.78, 5) is 2.57. The van der Waals surface area contributed by atoms with Crippen LogP contribution in [-0.2, 0) is 4.74 Å². The van der Waals surface area contributed by atoms with Gasteiger partial charge in [-0.05, 0) is 44.7 Å². The number of rotatable bonds is 9. The van der Waals surface area contributed by atoms with Gasteiger partial charge in [0.1, 0.15) is 0 Å². The summed E-state index contributed by atoms with van der Waals surface area (Å²) < 4.78 is 5.30. The fourth-order valence-corrected chi connectivity index (χ4v) is 2.09. The summed E-state index contributed by atoms with van der Waals surface area (Å²) in [5, 5.41) is 0. The molecule has 1 unspecified atom stereocenters. The van der Waals surface area contributed by atoms with E-state index in [-0.39, 0.29) is 0 Å². The lowest BCUT2D eigenvalue weighted by Crippen LogP contribution is -2.40. The van der Waals surface area contributed by atoms with Crippen molar-refractivity contribution in [3.05, 3.63) is 0 Å². The molecule has 0 radical (unpaired) electrons. The minimum Gasteiger partial charge on any atom is -0.383 e. The van der Waals surface area contributed by atoms with Crippen molar-refractivity contribution < 1.29 is 4.74 Å². The highest BCUT2D eigenvalue weighted by molar-refractivity contribution is 4.80. The van der Waals surface area contributed by atoms with E-state index in [1.807, 2.05) is 0 Å². The summed E-state index contributed by atoms with van der Waals surface area (Å²) in [7, 11) is 1.79. The Kier molecular flexibility index (Phi) is 6.22. The first-order valence-electron chi connectivity index (χ1n) is 6.24. The molecule has 0 spiro atoms. The maximum atomic E-state index is 5.57. The summed E-state index contributed by atoms with van der Waals surface area (Å²) >= 11 is 0. The van der Waals surface area contributed by atoms with Crippen LogP contribution >= 0.6 is 0 Å². The summed E-state index contributed by atoms with van der Waals surface area (Å²) in [6.45, 7) is 6.28. The highest BCUT2D eigenvalue weighted by Crippen LogP contribution is 2.30. The van der Waals surface area contributed by atoms with Crippen LogP contribution in [0.4, 0.5) is 0 Å². The van der Waals surface area contributed by atoms with Crippen LogP contribution in [0.3, 0.4) is 0 Å². The second kappa shape index (κ2) is 7.20. The zero-order valence-corrected chi connectivity index (χ0v) is 10.2. The van der Waals surface area contributed by atoms with Gasteiger partial charge in [-0.3, -0.25) is 4.90 Å². The smallest absolute Gasteiger partial charge is 0.0618 e. The van der Waals surface area contributed by atoms with E-state index in [0.29, 0.717) is 6.04 Å². The van der Waals surface area contributed by atoms with Gasteiger partial charge in [0.25, 0.3) is 0 Å². The highest BCUT2D eigenvalue weighted by Gasteiger charge is 2.26. The van der Waals surface area contributed by atoms with Crippen LogP contribution in [0.1, 0.15) is 32.6 Å². The molecule has 0 heterocycles. The van der Waals surface area contributed by atoms with Crippen LogP contribution in [0, 0.1) is 5.92 Å². The van der Waals surface area contributed by atoms with Crippen molar-refractivity contribution in [1.82, 2.24) is 4.90 Å². The quantitative estimate of drug-likeness (QED) is 0.632. The molecule has 3 heteroatoms. The van der Waals surface area contributed by atoms with Gasteiger partial charge in [0.05, 0.1) is 6.61 Å². The van der Waals surface area contributed by atoms with Crippen molar-refractivity contribution in [3.63, 3.8) is 0 Å². The minimum absolute atomic E-state index is 0.573. The number of methoxy groups -OCH3 is 1. The molecule has 0 aromatic rings. The Balaban J connectivity index is 2.33. The third-order valence-corrected chi connectivity index (χ3v) is 3.21. The van der Waals surface area contributed by atoms with E-state index in [1.54, 1.807) is 7.11 Å². The highest BCUT2D eigenvalue weighted by atomic mass is 16.5. The van der Waals surface area contributed by atoms with E-state index >= 15 is 0 Å². The molecule has 0 bridgehead atoms. The Morgan fingerprint density at radius 1 is 1.47 bits per heavy atom. The van der Waals surface area contributed by atoms with Crippen molar-refractivity contribution in [3.8, 4) is 0 Å². The lowest BCUT2D eigenvalue weighted by Gasteiger charge is -2.30. The normalized spacial score (nSPS) is 18.4. The lowest BCUT2D eigenvalue weighted by molar-refractivity contribution is 0.0842. The average Bonchev–Trinajstić information content (AvgIpc) is 3.05. The van der Waals surface area contributed by atoms with Crippen LogP contribution in [-0.4, -0.2) is 44.3 Å². The Morgan fingerprint density at radius 2 is 2.20 bits per heavy atom. The Hall–Kier alpha value is -0.120. The molecule has 0 aromatic carbocycles. The zero-order chi connectivity index (χ0) is 11.1. The molecule has 1 aliphatic carbocycles. The maximum Gasteiger partial charge on any atom is 0.0618 e. The van der Waals surface area contributed by atoms with Crippen LogP contribution < -0.4 is 5.73 Å². The van der Waals surface area contributed by atoms with Crippen molar-refractivity contribution in [2.24, 2.45) is 11.7 Å². The fraction of sp³-hybridized carbons (Fsp3) is 1.00. The molecule has 15 heavy (non-hydrogen) atoms. The molecule has 1 fully saturated rings. The predicted octanol–water partition coefficient (Wildman–Crippen LogP) is 1.47. The molecular formula is C12H26N2O. The van der Waals surface area contributed by atoms with Gasteiger partial charge in [0.2, 0.25) is 0 Å². The summed E-state index contributed by atoms with van der Waals surface area (Å²) in [5.74, 6) is 0.960. The van der Waals surface area contributed by atoms with Crippen molar-refractivity contribution in [1.29, 1.82) is 0 Å². The van der Waals surface area contributed by atoms with Crippen LogP contribution in [0.2, 0.25) is 0 Å². The number of nitrogens with zero attached hydrogens (tertiary/aromatic N) is 1. The van der Waals surface area contributed by atoms with E-state index in [1.165, 1.54) is 25.8 Å². The fourth-order valence-electron chi connectivity index (χ4n) is 2.09. The van der Waals surface area contributed by atoms with Crippen molar-refractivity contribution in [2.75, 3.05) is 33.4 Å². The molecular weight excluding hydrogens is 188 g/mol. The Morgan fingerprint density at radius 3 is 2.67 bits per heavy atom. The minimum atomic E-state index is 0.573. The molecule has 1 aliphatic rings. The summed E-state index contributed by atoms with van der Waals surface area (Å²) in [6, 6.07) is 0.573. The number of hydrogen-bond donors (Lipinski definition) is 1. The molecule has 0 amide bonds. The number of likely N-dealkylation sites (N-methyl/N-ethyl adjacent to an activating group) is 1. The standard InChI is InChI=1S/C12H26N2O/c1-3-14(9-11-6-7-11)12(10-15-2)5-4-8-13/h11-12H,3-10,13H2,1-2H3. The Bertz CT molecular complexity index is 160. The average molecular weight is 214 g/mol. The first-order chi connectivity index (χ1) is 7.31. The van der Waals surface area contributed by atoms with Crippen LogP contribution in [0.15, 0.2) is 0 Å². The zero-order valence-electron chi connectivity index (χ0n) is 10.2. The first kappa shape index (κ1) is 12.9. The first-order valence-corrected chi connectivity index (χ1v) is 6.24. The molecule has 1 atom stereocenters. The molecule has 1 rings (SSSR count). The van der Waals surface area contributed by atoms with Crippen molar-refractivity contribution in [2.45, 2.75) is 38.6 Å². The van der Waals surface area contributed by atoms with E-state index in [9.17, 15) is 0 Å². The van der Waals surface area contributed by atoms with Gasteiger partial charge < -0.3 is 10.5 Å². The van der Waals surface area contributed by atoms with Gasteiger partial charge in [0, 0.05) is 19.7 Å². The predicted molar refractivity (Wildman–Crippen MR) is 63.9 cm³/mol. The van der Waals surface area contributed by atoms with Gasteiger partial charge in [-0.15, -0.1) is 0 Å². The third-order valence-electron chi connectivity index (χ3n) is 3.21. The summed E-state index contributed by atoms with van der Waals surface area (Å²) in [6.07, 6.45) is 5.13. The van der Waals surface area contributed by atoms with E-state index < -0.39 is 0 Å². The number of nitrogens with two attached hydrogens (primary N) is 1. The van der Waals surface area contributed by atoms with E-state index in [4.69, 9.17) is 10.5 Å². The van der Waals surface area contributed by atoms with Crippen LogP contribution in [0.25, 0.3) is 0 Å². The molecule has 90 valence electrons. The number of hydrogen-bond acceptors (Lipinski definition) is 3. The topological polar surface area (TPSA) is 38.5 Å². The van der Waals surface area contributed by atoms with Gasteiger partial charge >= 0.3 is 0 Å². The second-order valence-electron chi connectivity index (χ2n) is 4.57. The SMILES string of the molecule is CCN(CC1CC1)C(CCCN)COC. The third kappa shape index (κ3) is 4.96. The maximum absolute atomic E-state index is 5.57. The van der Waals surface area contributed by atoms with Gasteiger partial charge in [0.15, 0.2) is 0 Å². The van der Waals surface area contributed by atoms with Gasteiger partial charge in [-0.1, -0.05) is 6.92 Å². The summed E-state index contributed by atoms with van der Waals surface area (Å²) in [5.41, 5.74) is 5.57. The molecule has 1 saturated carbocycles. The monoisotopic (exact) mass is 214 g/mol. The van der Waals surface area contributed by atoms with E-state index in [2.05, 4.69) is 11.8 Å².